The second kappa shape index (κ2) is 26.3. The van der Waals surface area contributed by atoms with Crippen molar-refractivity contribution in [2.75, 3.05) is 53.2 Å². The minimum absolute atomic E-state index is 0.0481. The Bertz CT molecular complexity index is 4140. The predicted molar refractivity (Wildman–Crippen MR) is 359 cm³/mol. The number of para-hydroxylation sites is 1. The molecule has 0 spiro atoms. The van der Waals surface area contributed by atoms with Crippen LogP contribution in [0.1, 0.15) is 116 Å². The van der Waals surface area contributed by atoms with Gasteiger partial charge in [-0.25, -0.2) is 28.1 Å². The maximum atomic E-state index is 14.8. The van der Waals surface area contributed by atoms with E-state index in [9.17, 15) is 37.5 Å². The second-order valence-corrected chi connectivity index (χ2v) is 28.9. The number of β-amino-alcohol motifs (C(OH)–C–C–N with tert-alkyl or cyclic N) is 1. The first-order valence-corrected chi connectivity index (χ1v) is 34.0. The quantitative estimate of drug-likeness (QED) is 0.0570. The molecule has 5 N–H and O–H groups in total. The van der Waals surface area contributed by atoms with E-state index in [1.165, 1.54) is 28.4 Å². The second-order valence-electron chi connectivity index (χ2n) is 25.3. The molecule has 3 aliphatic rings. The molecule has 5 amide bonds. The Kier molecular flexibility index (Phi) is 18.5. The normalized spacial score (nSPS) is 16.9. The summed E-state index contributed by atoms with van der Waals surface area (Å²) in [5, 5.41) is 20.5. The third kappa shape index (κ3) is 13.7. The molecule has 4 atom stereocenters. The smallest absolute Gasteiger partial charge is 0.284 e. The fraction of sp³-hybridized carbons (Fsp3) is 0.362. The van der Waals surface area contributed by atoms with E-state index in [0.29, 0.717) is 73.1 Å². The number of sulfonamides is 1. The molecular formula is C69H77N11O8S3. The number of hydrogen-bond donors (Lipinski definition) is 5. The Hall–Kier alpha value is -8.57. The molecule has 3 aromatic heterocycles. The Morgan fingerprint density at radius 2 is 1.49 bits per heavy atom. The number of likely N-dealkylation sites (tertiary alicyclic amines) is 1. The molecule has 474 valence electrons. The number of benzene rings is 5. The van der Waals surface area contributed by atoms with Crippen LogP contribution >= 0.6 is 22.7 Å². The van der Waals surface area contributed by atoms with E-state index >= 15 is 0 Å². The topological polar surface area (TPSA) is 239 Å². The fourth-order valence-corrected chi connectivity index (χ4v) is 15.0. The van der Waals surface area contributed by atoms with Crippen molar-refractivity contribution < 1.29 is 37.5 Å². The largest absolute Gasteiger partial charge is 0.391 e. The van der Waals surface area contributed by atoms with Crippen molar-refractivity contribution in [1.82, 2.24) is 35.2 Å². The van der Waals surface area contributed by atoms with Crippen molar-refractivity contribution in [1.29, 1.82) is 0 Å². The zero-order valence-corrected chi connectivity index (χ0v) is 55.1. The van der Waals surface area contributed by atoms with E-state index in [1.807, 2.05) is 150 Å². The zero-order valence-electron chi connectivity index (χ0n) is 52.6. The van der Waals surface area contributed by atoms with E-state index in [0.717, 1.165) is 60.0 Å². The van der Waals surface area contributed by atoms with Gasteiger partial charge in [0.25, 0.3) is 21.8 Å². The van der Waals surface area contributed by atoms with Crippen LogP contribution in [-0.2, 0) is 37.4 Å². The van der Waals surface area contributed by atoms with Crippen LogP contribution in [0.4, 0.5) is 22.3 Å². The molecule has 11 rings (SSSR count). The number of pyridine rings is 1. The molecule has 22 heteroatoms. The highest BCUT2D eigenvalue weighted by molar-refractivity contribution is 7.90. The standard InChI is InChI=1S/C69H77N11O8S3/c1-40(2)77(9)56-18-13-15-51(41(56)3)52-28-29-59(79-35-30-45-14-12-16-53(54(45)38-79)64(83)75-68-72-55-17-10-11-19-58(55)90-68)73-60(52)66(85)76-91(87,88)50-26-24-48(25-27-50)78-33-31-47(32-34-78)63(82)74-62(69(6,7)8)67(86)80-37-49(81)36-57(80)65(84)71-42(4)44-20-22-46(23-21-44)61-43(5)70-39-89-61/h10-29,39-40,42,47,49,57,62,81H,30-38H2,1-9H3,(H,71,84)(H,74,82)(H,76,85)(H,72,75,83)/t42-,49+,57-,62+/m0/s1. The van der Waals surface area contributed by atoms with Gasteiger partial charge >= 0.3 is 0 Å². The molecule has 2 fully saturated rings. The molecule has 19 nitrogen and oxygen atoms in total. The number of carbonyl (C=O) groups is 5. The molecule has 91 heavy (non-hydrogen) atoms. The lowest BCUT2D eigenvalue weighted by Gasteiger charge is -2.38. The third-order valence-electron chi connectivity index (χ3n) is 17.8. The molecule has 2 saturated heterocycles. The first-order valence-electron chi connectivity index (χ1n) is 30.8. The van der Waals surface area contributed by atoms with Crippen LogP contribution in [0.2, 0.25) is 0 Å². The first kappa shape index (κ1) is 64.0. The number of aromatic nitrogens is 3. The number of fused-ring (bicyclic) bond motifs is 2. The van der Waals surface area contributed by atoms with Crippen LogP contribution in [0.25, 0.3) is 31.8 Å². The molecule has 0 unspecified atom stereocenters. The van der Waals surface area contributed by atoms with Crippen LogP contribution in [0.5, 0.6) is 0 Å². The Labute approximate surface area is 539 Å². The third-order valence-corrected chi connectivity index (χ3v) is 21.1. The van der Waals surface area contributed by atoms with E-state index in [2.05, 4.69) is 54.3 Å². The number of carbonyl (C=O) groups excluding carboxylic acids is 5. The summed E-state index contributed by atoms with van der Waals surface area (Å²) in [7, 11) is -2.47. The Morgan fingerprint density at radius 1 is 0.769 bits per heavy atom. The lowest BCUT2D eigenvalue weighted by atomic mass is 9.84. The van der Waals surface area contributed by atoms with Gasteiger partial charge in [0.1, 0.15) is 23.6 Å². The van der Waals surface area contributed by atoms with E-state index in [1.54, 1.807) is 29.5 Å². The number of amides is 5. The lowest BCUT2D eigenvalue weighted by Crippen LogP contribution is -2.59. The summed E-state index contributed by atoms with van der Waals surface area (Å²) < 4.78 is 32.0. The van der Waals surface area contributed by atoms with Gasteiger partial charge in [-0.15, -0.1) is 11.3 Å². The molecular weight excluding hydrogens is 1210 g/mol. The van der Waals surface area contributed by atoms with Gasteiger partial charge in [0.2, 0.25) is 17.7 Å². The zero-order chi connectivity index (χ0) is 64.6. The van der Waals surface area contributed by atoms with Crippen LogP contribution in [-0.4, -0.2) is 120 Å². The average molecular weight is 1280 g/mol. The summed E-state index contributed by atoms with van der Waals surface area (Å²) in [6.45, 7) is 17.2. The van der Waals surface area contributed by atoms with Crippen molar-refractivity contribution in [3.63, 3.8) is 0 Å². The summed E-state index contributed by atoms with van der Waals surface area (Å²) in [6, 6.07) is 34.8. The molecule has 5 aromatic carbocycles. The summed E-state index contributed by atoms with van der Waals surface area (Å²) in [5.74, 6) is -2.34. The highest BCUT2D eigenvalue weighted by Gasteiger charge is 2.45. The highest BCUT2D eigenvalue weighted by atomic mass is 32.2. The average Bonchev–Trinajstić information content (AvgIpc) is 1.56. The van der Waals surface area contributed by atoms with Crippen LogP contribution in [0.3, 0.4) is 0 Å². The minimum Gasteiger partial charge on any atom is -0.391 e. The Morgan fingerprint density at radius 3 is 2.19 bits per heavy atom. The number of nitrogens with zero attached hydrogens (tertiary/aromatic N) is 7. The van der Waals surface area contributed by atoms with Gasteiger partial charge in [-0.3, -0.25) is 29.3 Å². The molecule has 0 aliphatic carbocycles. The molecule has 8 aromatic rings. The molecule has 6 heterocycles. The van der Waals surface area contributed by atoms with Crippen LogP contribution in [0, 0.1) is 25.2 Å². The monoisotopic (exact) mass is 1280 g/mol. The number of piperidine rings is 1. The van der Waals surface area contributed by atoms with Gasteiger partial charge in [-0.2, -0.15) is 0 Å². The van der Waals surface area contributed by atoms with Gasteiger partial charge in [0.05, 0.1) is 43.3 Å². The Balaban J connectivity index is 0.750. The highest BCUT2D eigenvalue weighted by Crippen LogP contribution is 2.37. The molecule has 0 bridgehead atoms. The van der Waals surface area contributed by atoms with Gasteiger partial charge in [0, 0.05) is 80.7 Å². The molecule has 0 radical (unpaired) electrons. The number of anilines is 4. The van der Waals surface area contributed by atoms with Crippen LogP contribution in [0.15, 0.2) is 132 Å². The number of aliphatic hydroxyl groups excluding tert-OH is 1. The van der Waals surface area contributed by atoms with Gasteiger partial charge in [-0.05, 0) is 153 Å². The van der Waals surface area contributed by atoms with Crippen molar-refractivity contribution in [2.45, 2.75) is 123 Å². The first-order chi connectivity index (χ1) is 43.4. The van der Waals surface area contributed by atoms with Crippen molar-refractivity contribution in [3.8, 4) is 21.6 Å². The summed E-state index contributed by atoms with van der Waals surface area (Å²) in [5.41, 5.74) is 10.7. The number of aliphatic hydroxyl groups is 1. The number of nitrogens with one attached hydrogen (secondary N) is 4. The molecule has 3 aliphatic heterocycles. The van der Waals surface area contributed by atoms with E-state index < -0.39 is 51.4 Å². The summed E-state index contributed by atoms with van der Waals surface area (Å²) in [6.07, 6.45) is 0.620. The lowest BCUT2D eigenvalue weighted by molar-refractivity contribution is -0.144. The minimum atomic E-state index is -4.47. The summed E-state index contributed by atoms with van der Waals surface area (Å²) in [4.78, 5) is 93.8. The maximum absolute atomic E-state index is 14.8. The van der Waals surface area contributed by atoms with Gasteiger partial charge in [0.15, 0.2) is 5.13 Å². The van der Waals surface area contributed by atoms with Crippen LogP contribution < -0.4 is 35.4 Å². The fourth-order valence-electron chi connectivity index (χ4n) is 12.4. The number of thiazole rings is 2. The summed E-state index contributed by atoms with van der Waals surface area (Å²) >= 11 is 2.96. The van der Waals surface area contributed by atoms with E-state index in [4.69, 9.17) is 4.98 Å². The predicted octanol–water partition coefficient (Wildman–Crippen LogP) is 10.5. The van der Waals surface area contributed by atoms with Crippen molar-refractivity contribution in [2.24, 2.45) is 11.3 Å². The van der Waals surface area contributed by atoms with E-state index in [-0.39, 0.29) is 53.4 Å². The SMILES string of the molecule is Cc1ncsc1-c1ccc([C@H](C)NC(=O)[C@@H]2C[C@@H](O)CN2C(=O)[C@@H](NC(=O)C2CCN(c3ccc(S(=O)(=O)NC(=O)c4nc(N5CCc6cccc(C(=O)Nc7nc8ccccc8s7)c6C5)ccc4-c4cccc(N(C)C(C)C)c4C)cc3)CC2)C(C)(C)C)cc1. The van der Waals surface area contributed by atoms with Crippen molar-refractivity contribution in [3.05, 3.63) is 166 Å². The maximum Gasteiger partial charge on any atom is 0.284 e. The van der Waals surface area contributed by atoms with Gasteiger partial charge < -0.3 is 35.3 Å². The molecule has 0 saturated carbocycles. The number of hydrogen-bond acceptors (Lipinski definition) is 16. The number of aryl methyl sites for hydroxylation is 1. The van der Waals surface area contributed by atoms with Gasteiger partial charge in [-0.1, -0.05) is 92.8 Å². The number of rotatable bonds is 17. The van der Waals surface area contributed by atoms with Crippen molar-refractivity contribution >= 4 is 94.8 Å².